The third-order valence-corrected chi connectivity index (χ3v) is 6.76. The van der Waals surface area contributed by atoms with Crippen molar-refractivity contribution in [3.8, 4) is 34.0 Å². The van der Waals surface area contributed by atoms with Gasteiger partial charge in [-0.2, -0.15) is 0 Å². The number of aryl methyl sites for hydroxylation is 2. The maximum atomic E-state index is 13.2. The van der Waals surface area contributed by atoms with Gasteiger partial charge in [-0.1, -0.05) is 35.0 Å². The van der Waals surface area contributed by atoms with Crippen LogP contribution in [-0.2, 0) is 6.54 Å². The van der Waals surface area contributed by atoms with E-state index in [-0.39, 0.29) is 17.9 Å². The first-order valence-electron chi connectivity index (χ1n) is 10.8. The summed E-state index contributed by atoms with van der Waals surface area (Å²) in [5.41, 5.74) is 3.31. The van der Waals surface area contributed by atoms with Gasteiger partial charge in [-0.15, -0.1) is 11.3 Å². The minimum absolute atomic E-state index is 0.0198. The van der Waals surface area contributed by atoms with E-state index in [0.717, 1.165) is 21.6 Å². The fourth-order valence-electron chi connectivity index (χ4n) is 4.05. The predicted octanol–water partition coefficient (Wildman–Crippen LogP) is 4.15. The number of H-pyrrole nitrogens is 1. The Morgan fingerprint density at radius 1 is 1.00 bits per heavy atom. The first-order chi connectivity index (χ1) is 16.9. The number of aromatic amines is 1. The lowest BCUT2D eigenvalue weighted by Gasteiger charge is -2.09. The second-order valence-corrected chi connectivity index (χ2v) is 9.22. The summed E-state index contributed by atoms with van der Waals surface area (Å²) in [5.74, 6) is 0.966. The SMILES string of the molecule is COc1ccc(-c2noc(=O)n2Cc2nc3sc(C)c(-c4ccc(C)cc4)c3c(=O)[nH]2)cc1OC. The Labute approximate surface area is 203 Å². The van der Waals surface area contributed by atoms with Crippen LogP contribution in [0.5, 0.6) is 11.5 Å². The molecule has 0 amide bonds. The molecule has 0 saturated heterocycles. The van der Waals surface area contributed by atoms with Crippen LogP contribution in [0.3, 0.4) is 0 Å². The molecular formula is C25H22N4O5S. The number of fused-ring (bicyclic) bond motifs is 1. The summed E-state index contributed by atoms with van der Waals surface area (Å²) < 4.78 is 16.9. The molecule has 9 nitrogen and oxygen atoms in total. The molecule has 3 heterocycles. The molecule has 1 N–H and O–H groups in total. The van der Waals surface area contributed by atoms with E-state index in [4.69, 9.17) is 14.0 Å². The number of rotatable bonds is 6. The molecule has 178 valence electrons. The number of methoxy groups -OCH3 is 2. The Bertz CT molecular complexity index is 1660. The first kappa shape index (κ1) is 22.6. The highest BCUT2D eigenvalue weighted by molar-refractivity contribution is 7.19. The molecule has 35 heavy (non-hydrogen) atoms. The van der Waals surface area contributed by atoms with Crippen molar-refractivity contribution in [1.29, 1.82) is 0 Å². The van der Waals surface area contributed by atoms with Crippen LogP contribution in [0.2, 0.25) is 0 Å². The molecule has 0 saturated carbocycles. The quantitative estimate of drug-likeness (QED) is 0.380. The van der Waals surface area contributed by atoms with Crippen molar-refractivity contribution in [3.63, 3.8) is 0 Å². The zero-order valence-corrected chi connectivity index (χ0v) is 20.4. The molecule has 0 spiro atoms. The summed E-state index contributed by atoms with van der Waals surface area (Å²) in [6, 6.07) is 13.2. The van der Waals surface area contributed by atoms with Crippen molar-refractivity contribution in [1.82, 2.24) is 19.7 Å². The minimum atomic E-state index is -0.666. The molecule has 0 aliphatic heterocycles. The second-order valence-electron chi connectivity index (χ2n) is 8.02. The Morgan fingerprint density at radius 2 is 1.71 bits per heavy atom. The fourth-order valence-corrected chi connectivity index (χ4v) is 5.11. The Balaban J connectivity index is 1.57. The maximum absolute atomic E-state index is 13.2. The lowest BCUT2D eigenvalue weighted by Crippen LogP contribution is -2.20. The number of nitrogens with zero attached hydrogens (tertiary/aromatic N) is 3. The Hall–Kier alpha value is -4.18. The lowest BCUT2D eigenvalue weighted by molar-refractivity contribution is 0.355. The van der Waals surface area contributed by atoms with E-state index in [9.17, 15) is 9.59 Å². The van der Waals surface area contributed by atoms with Crippen LogP contribution in [-0.4, -0.2) is 33.9 Å². The van der Waals surface area contributed by atoms with Gasteiger partial charge in [0.15, 0.2) is 17.3 Å². The highest BCUT2D eigenvalue weighted by Gasteiger charge is 2.20. The zero-order valence-electron chi connectivity index (χ0n) is 19.5. The molecule has 10 heteroatoms. The summed E-state index contributed by atoms with van der Waals surface area (Å²) in [6.45, 7) is 3.97. The predicted molar refractivity (Wildman–Crippen MR) is 134 cm³/mol. The summed E-state index contributed by atoms with van der Waals surface area (Å²) >= 11 is 1.44. The van der Waals surface area contributed by atoms with Gasteiger partial charge in [-0.05, 0) is 37.6 Å². The van der Waals surface area contributed by atoms with Crippen LogP contribution >= 0.6 is 11.3 Å². The third kappa shape index (κ3) is 4.01. The summed E-state index contributed by atoms with van der Waals surface area (Å²) in [4.78, 5) is 34.7. The third-order valence-electron chi connectivity index (χ3n) is 5.76. The van der Waals surface area contributed by atoms with E-state index in [1.165, 1.54) is 30.1 Å². The van der Waals surface area contributed by atoms with Crippen molar-refractivity contribution in [2.24, 2.45) is 0 Å². The molecule has 0 bridgehead atoms. The standard InChI is InChI=1S/C25H22N4O5S/c1-13-5-7-15(8-6-13)20-14(2)35-24-21(20)23(30)26-19(27-24)12-29-22(28-34-25(29)31)16-9-10-17(32-3)18(11-16)33-4/h5-11H,12H2,1-4H3,(H,26,27,30). The van der Waals surface area contributed by atoms with Crippen LogP contribution in [0, 0.1) is 13.8 Å². The van der Waals surface area contributed by atoms with Crippen LogP contribution < -0.4 is 20.8 Å². The van der Waals surface area contributed by atoms with E-state index in [2.05, 4.69) is 15.1 Å². The van der Waals surface area contributed by atoms with Crippen LogP contribution in [0.15, 0.2) is 56.6 Å². The largest absolute Gasteiger partial charge is 0.493 e. The molecule has 0 radical (unpaired) electrons. The highest BCUT2D eigenvalue weighted by Crippen LogP contribution is 2.36. The number of benzene rings is 2. The molecule has 2 aromatic carbocycles. The smallest absolute Gasteiger partial charge is 0.442 e. The molecule has 0 aliphatic rings. The van der Waals surface area contributed by atoms with Gasteiger partial charge in [0.25, 0.3) is 5.56 Å². The van der Waals surface area contributed by atoms with E-state index >= 15 is 0 Å². The summed E-state index contributed by atoms with van der Waals surface area (Å²) in [5, 5.41) is 4.46. The summed E-state index contributed by atoms with van der Waals surface area (Å²) in [6.07, 6.45) is 0. The van der Waals surface area contributed by atoms with Crippen LogP contribution in [0.4, 0.5) is 0 Å². The fraction of sp³-hybridized carbons (Fsp3) is 0.200. The minimum Gasteiger partial charge on any atom is -0.493 e. The number of hydrogen-bond acceptors (Lipinski definition) is 8. The molecule has 5 aromatic rings. The summed E-state index contributed by atoms with van der Waals surface area (Å²) in [7, 11) is 3.06. The van der Waals surface area contributed by atoms with Gasteiger partial charge in [0.2, 0.25) is 0 Å². The zero-order chi connectivity index (χ0) is 24.7. The number of nitrogens with one attached hydrogen (secondary N) is 1. The number of thiophene rings is 1. The first-order valence-corrected chi connectivity index (χ1v) is 11.6. The second kappa shape index (κ2) is 8.88. The molecule has 5 rings (SSSR count). The van der Waals surface area contributed by atoms with E-state index in [0.29, 0.717) is 33.1 Å². The van der Waals surface area contributed by atoms with Crippen LogP contribution in [0.1, 0.15) is 16.3 Å². The lowest BCUT2D eigenvalue weighted by atomic mass is 10.0. The molecule has 0 fully saturated rings. The number of ether oxygens (including phenoxy) is 2. The number of aromatic nitrogens is 4. The molecule has 0 atom stereocenters. The highest BCUT2D eigenvalue weighted by atomic mass is 32.1. The molecule has 0 aliphatic carbocycles. The average molecular weight is 491 g/mol. The molecular weight excluding hydrogens is 468 g/mol. The van der Waals surface area contributed by atoms with E-state index in [1.807, 2.05) is 38.1 Å². The van der Waals surface area contributed by atoms with Crippen molar-refractivity contribution in [2.45, 2.75) is 20.4 Å². The monoisotopic (exact) mass is 490 g/mol. The molecule has 3 aromatic heterocycles. The maximum Gasteiger partial charge on any atom is 0.442 e. The Morgan fingerprint density at radius 3 is 2.43 bits per heavy atom. The van der Waals surface area contributed by atoms with Gasteiger partial charge in [-0.25, -0.2) is 14.3 Å². The van der Waals surface area contributed by atoms with Crippen LogP contribution in [0.25, 0.3) is 32.7 Å². The van der Waals surface area contributed by atoms with Crippen molar-refractivity contribution in [3.05, 3.63) is 79.6 Å². The molecule has 0 unspecified atom stereocenters. The van der Waals surface area contributed by atoms with Gasteiger partial charge < -0.3 is 14.5 Å². The van der Waals surface area contributed by atoms with Crippen molar-refractivity contribution < 1.29 is 14.0 Å². The van der Waals surface area contributed by atoms with Gasteiger partial charge >= 0.3 is 5.76 Å². The van der Waals surface area contributed by atoms with Gasteiger partial charge in [0.05, 0.1) is 26.2 Å². The van der Waals surface area contributed by atoms with Gasteiger partial charge in [0.1, 0.15) is 10.7 Å². The van der Waals surface area contributed by atoms with Gasteiger partial charge in [-0.3, -0.25) is 9.32 Å². The van der Waals surface area contributed by atoms with E-state index < -0.39 is 5.76 Å². The number of hydrogen-bond donors (Lipinski definition) is 1. The van der Waals surface area contributed by atoms with E-state index in [1.54, 1.807) is 18.2 Å². The van der Waals surface area contributed by atoms with Crippen molar-refractivity contribution in [2.75, 3.05) is 14.2 Å². The average Bonchev–Trinajstić information content (AvgIpc) is 3.38. The van der Waals surface area contributed by atoms with Gasteiger partial charge in [0, 0.05) is 16.0 Å². The topological polar surface area (TPSA) is 112 Å². The Kier molecular flexibility index (Phi) is 5.73. The van der Waals surface area contributed by atoms with Crippen molar-refractivity contribution >= 4 is 21.6 Å². The normalized spacial score (nSPS) is 11.2.